The molecule has 2 heterocycles. The van der Waals surface area contributed by atoms with Gasteiger partial charge in [-0.2, -0.15) is 0 Å². The minimum atomic E-state index is -0.195. The predicted octanol–water partition coefficient (Wildman–Crippen LogP) is 6.74. The van der Waals surface area contributed by atoms with Crippen molar-refractivity contribution in [2.24, 2.45) is 0 Å². The van der Waals surface area contributed by atoms with Crippen molar-refractivity contribution in [2.45, 2.75) is 6.92 Å². The van der Waals surface area contributed by atoms with Gasteiger partial charge in [-0.25, -0.2) is 0 Å². The van der Waals surface area contributed by atoms with Gasteiger partial charge in [0.15, 0.2) is 0 Å². The lowest BCUT2D eigenvalue weighted by Gasteiger charge is -2.12. The smallest absolute Gasteiger partial charge is 0.255 e. The van der Waals surface area contributed by atoms with E-state index in [9.17, 15) is 4.79 Å². The first-order chi connectivity index (χ1) is 17.7. The molecule has 0 radical (unpaired) electrons. The number of amides is 1. The van der Waals surface area contributed by atoms with E-state index in [4.69, 9.17) is 0 Å². The zero-order valence-electron chi connectivity index (χ0n) is 19.6. The van der Waals surface area contributed by atoms with Crippen LogP contribution in [0.15, 0.2) is 104 Å². The standard InChI is InChI=1S/C30H23N5O/c1-2-5-21-10-11-28-27(18-21)29(14-17-32-28)34-24-7-3-6-22(19-24)30(36)35-26-9-4-8-25(20-26)33-23-12-15-31-16-13-23/h3-4,6-20H,1H3,(H,31,33)(H,32,34)(H,35,36). The van der Waals surface area contributed by atoms with Gasteiger partial charge in [-0.1, -0.05) is 18.1 Å². The number of nitrogens with zero attached hydrogens (tertiary/aromatic N) is 2. The van der Waals surface area contributed by atoms with Crippen LogP contribution in [0, 0.1) is 11.8 Å². The van der Waals surface area contributed by atoms with Crippen LogP contribution in [0.2, 0.25) is 0 Å². The Morgan fingerprint density at radius 1 is 0.750 bits per heavy atom. The van der Waals surface area contributed by atoms with Crippen LogP contribution in [0.1, 0.15) is 22.8 Å². The minimum absolute atomic E-state index is 0.195. The molecule has 0 bridgehead atoms. The predicted molar refractivity (Wildman–Crippen MR) is 146 cm³/mol. The van der Waals surface area contributed by atoms with Gasteiger partial charge in [0.05, 0.1) is 5.52 Å². The normalized spacial score (nSPS) is 10.2. The Hall–Kier alpha value is -5.15. The number of anilines is 5. The molecule has 6 nitrogen and oxygen atoms in total. The molecule has 0 spiro atoms. The fourth-order valence-corrected chi connectivity index (χ4v) is 3.85. The summed E-state index contributed by atoms with van der Waals surface area (Å²) in [7, 11) is 0. The average molecular weight is 470 g/mol. The van der Waals surface area contributed by atoms with Gasteiger partial charge in [-0.15, -0.1) is 5.92 Å². The summed E-state index contributed by atoms with van der Waals surface area (Å²) < 4.78 is 0. The summed E-state index contributed by atoms with van der Waals surface area (Å²) in [5.74, 6) is 5.83. The quantitative estimate of drug-likeness (QED) is 0.240. The SMILES string of the molecule is CC#Cc1ccc2nccc(Nc3cccc(C(=O)Nc4cccc(Nc5ccncc5)c4)c3)c2c1. The van der Waals surface area contributed by atoms with Gasteiger partial charge < -0.3 is 16.0 Å². The molecule has 5 aromatic rings. The second kappa shape index (κ2) is 10.4. The van der Waals surface area contributed by atoms with Gasteiger partial charge in [-0.05, 0) is 79.7 Å². The summed E-state index contributed by atoms with van der Waals surface area (Å²) in [4.78, 5) is 21.5. The molecule has 2 aromatic heterocycles. The van der Waals surface area contributed by atoms with E-state index in [1.807, 2.05) is 85.8 Å². The van der Waals surface area contributed by atoms with Crippen molar-refractivity contribution < 1.29 is 4.79 Å². The molecule has 3 aromatic carbocycles. The van der Waals surface area contributed by atoms with Crippen molar-refractivity contribution in [3.63, 3.8) is 0 Å². The highest BCUT2D eigenvalue weighted by atomic mass is 16.1. The van der Waals surface area contributed by atoms with E-state index in [1.165, 1.54) is 0 Å². The van der Waals surface area contributed by atoms with E-state index in [0.29, 0.717) is 11.3 Å². The van der Waals surface area contributed by atoms with Gasteiger partial charge in [0.2, 0.25) is 0 Å². The molecule has 0 aliphatic heterocycles. The fraction of sp³-hybridized carbons (Fsp3) is 0.0333. The van der Waals surface area contributed by atoms with Crippen molar-refractivity contribution in [2.75, 3.05) is 16.0 Å². The van der Waals surface area contributed by atoms with E-state index < -0.39 is 0 Å². The van der Waals surface area contributed by atoms with Crippen LogP contribution >= 0.6 is 0 Å². The molecule has 6 heteroatoms. The summed E-state index contributed by atoms with van der Waals surface area (Å²) in [6, 6.07) is 26.6. The first-order valence-corrected chi connectivity index (χ1v) is 11.4. The van der Waals surface area contributed by atoms with E-state index in [0.717, 1.165) is 39.2 Å². The van der Waals surface area contributed by atoms with Crippen LogP contribution < -0.4 is 16.0 Å². The molecule has 0 saturated heterocycles. The number of aromatic nitrogens is 2. The number of hydrogen-bond donors (Lipinski definition) is 3. The van der Waals surface area contributed by atoms with E-state index in [-0.39, 0.29) is 5.91 Å². The summed E-state index contributed by atoms with van der Waals surface area (Å²) >= 11 is 0. The first-order valence-electron chi connectivity index (χ1n) is 11.4. The number of nitrogens with one attached hydrogen (secondary N) is 3. The lowest BCUT2D eigenvalue weighted by atomic mass is 10.1. The van der Waals surface area contributed by atoms with Gasteiger partial charge in [0.25, 0.3) is 5.91 Å². The van der Waals surface area contributed by atoms with Crippen LogP contribution in [0.5, 0.6) is 0 Å². The largest absolute Gasteiger partial charge is 0.355 e. The molecule has 0 aliphatic carbocycles. The molecule has 0 unspecified atom stereocenters. The lowest BCUT2D eigenvalue weighted by molar-refractivity contribution is 0.102. The molecule has 1 amide bonds. The number of rotatable bonds is 6. The van der Waals surface area contributed by atoms with Crippen LogP contribution in [0.3, 0.4) is 0 Å². The third-order valence-corrected chi connectivity index (χ3v) is 5.50. The zero-order chi connectivity index (χ0) is 24.7. The van der Waals surface area contributed by atoms with Crippen molar-refractivity contribution >= 4 is 45.2 Å². The maximum absolute atomic E-state index is 13.0. The number of hydrogen-bond acceptors (Lipinski definition) is 5. The number of carbonyl (C=O) groups is 1. The zero-order valence-corrected chi connectivity index (χ0v) is 19.6. The molecular weight excluding hydrogens is 446 g/mol. The molecule has 0 atom stereocenters. The van der Waals surface area contributed by atoms with E-state index in [2.05, 4.69) is 37.8 Å². The Morgan fingerprint density at radius 2 is 1.53 bits per heavy atom. The Labute approximate surface area is 209 Å². The van der Waals surface area contributed by atoms with E-state index >= 15 is 0 Å². The number of carbonyl (C=O) groups excluding carboxylic acids is 1. The molecule has 0 saturated carbocycles. The van der Waals surface area contributed by atoms with Crippen LogP contribution in [0.4, 0.5) is 28.4 Å². The van der Waals surface area contributed by atoms with Gasteiger partial charge in [-0.3, -0.25) is 14.8 Å². The summed E-state index contributed by atoms with van der Waals surface area (Å²) in [6.07, 6.45) is 5.21. The Balaban J connectivity index is 1.34. The van der Waals surface area contributed by atoms with Crippen molar-refractivity contribution in [3.05, 3.63) is 115 Å². The summed E-state index contributed by atoms with van der Waals surface area (Å²) in [6.45, 7) is 1.82. The summed E-state index contributed by atoms with van der Waals surface area (Å²) in [5, 5.41) is 10.7. The molecular formula is C30H23N5O. The van der Waals surface area contributed by atoms with Crippen LogP contribution in [-0.4, -0.2) is 15.9 Å². The molecule has 3 N–H and O–H groups in total. The lowest BCUT2D eigenvalue weighted by Crippen LogP contribution is -2.12. The highest BCUT2D eigenvalue weighted by molar-refractivity contribution is 6.05. The average Bonchev–Trinajstić information content (AvgIpc) is 2.90. The van der Waals surface area contributed by atoms with Crippen molar-refractivity contribution in [1.29, 1.82) is 0 Å². The monoisotopic (exact) mass is 469 g/mol. The van der Waals surface area contributed by atoms with Crippen LogP contribution in [0.25, 0.3) is 10.9 Å². The Bertz CT molecular complexity index is 1600. The maximum Gasteiger partial charge on any atom is 0.255 e. The number of benzene rings is 3. The fourth-order valence-electron chi connectivity index (χ4n) is 3.85. The Kier molecular flexibility index (Phi) is 6.55. The molecule has 36 heavy (non-hydrogen) atoms. The second-order valence-corrected chi connectivity index (χ2v) is 8.07. The van der Waals surface area contributed by atoms with Crippen LogP contribution in [-0.2, 0) is 0 Å². The number of fused-ring (bicyclic) bond motifs is 1. The first kappa shape index (κ1) is 22.6. The topological polar surface area (TPSA) is 78.9 Å². The van der Waals surface area contributed by atoms with E-state index in [1.54, 1.807) is 24.7 Å². The number of pyridine rings is 2. The van der Waals surface area contributed by atoms with Gasteiger partial charge in [0, 0.05) is 63.5 Å². The van der Waals surface area contributed by atoms with Gasteiger partial charge >= 0.3 is 0 Å². The minimum Gasteiger partial charge on any atom is -0.355 e. The summed E-state index contributed by atoms with van der Waals surface area (Å²) in [5.41, 5.74) is 6.52. The molecule has 174 valence electrons. The Morgan fingerprint density at radius 3 is 2.36 bits per heavy atom. The van der Waals surface area contributed by atoms with Crippen molar-refractivity contribution in [1.82, 2.24) is 9.97 Å². The van der Waals surface area contributed by atoms with Crippen molar-refractivity contribution in [3.8, 4) is 11.8 Å². The highest BCUT2D eigenvalue weighted by Gasteiger charge is 2.09. The molecule has 0 fully saturated rings. The third kappa shape index (κ3) is 5.32. The molecule has 0 aliphatic rings. The second-order valence-electron chi connectivity index (χ2n) is 8.07. The van der Waals surface area contributed by atoms with Gasteiger partial charge in [0.1, 0.15) is 0 Å². The maximum atomic E-state index is 13.0. The molecule has 5 rings (SSSR count). The third-order valence-electron chi connectivity index (χ3n) is 5.50. The highest BCUT2D eigenvalue weighted by Crippen LogP contribution is 2.27.